The number of hydrogen-bond acceptors (Lipinski definition) is 2. The van der Waals surface area contributed by atoms with E-state index < -0.39 is 29.9 Å². The molecule has 1 N–H and O–H groups in total. The summed E-state index contributed by atoms with van der Waals surface area (Å²) in [6.07, 6.45) is -11.5. The molecule has 0 bridgehead atoms. The minimum atomic E-state index is -5.61. The van der Waals surface area contributed by atoms with E-state index in [2.05, 4.69) is 4.98 Å². The van der Waals surface area contributed by atoms with E-state index in [4.69, 9.17) is 0 Å². The molecule has 0 aliphatic rings. The van der Waals surface area contributed by atoms with Gasteiger partial charge in [0.15, 0.2) is 5.92 Å². The molecule has 2 aromatic rings. The normalized spacial score (nSPS) is 14.7. The summed E-state index contributed by atoms with van der Waals surface area (Å²) in [5.74, 6) is -3.85. The van der Waals surface area contributed by atoms with Gasteiger partial charge < -0.3 is 5.11 Å². The van der Waals surface area contributed by atoms with Crippen molar-refractivity contribution in [3.63, 3.8) is 0 Å². The molecular weight excluding hydrogens is 300 g/mol. The Labute approximate surface area is 115 Å². The van der Waals surface area contributed by atoms with Crippen LogP contribution in [0.5, 0.6) is 0 Å². The van der Waals surface area contributed by atoms with Crippen LogP contribution in [-0.2, 0) is 0 Å². The second-order valence-electron chi connectivity index (χ2n) is 4.45. The molecule has 21 heavy (non-hydrogen) atoms. The average molecular weight is 309 g/mol. The number of benzene rings is 1. The van der Waals surface area contributed by atoms with Crippen molar-refractivity contribution in [2.24, 2.45) is 5.92 Å². The molecule has 1 aromatic heterocycles. The van der Waals surface area contributed by atoms with Crippen molar-refractivity contribution in [3.8, 4) is 0 Å². The molecule has 0 spiro atoms. The van der Waals surface area contributed by atoms with Gasteiger partial charge in [-0.1, -0.05) is 18.2 Å². The van der Waals surface area contributed by atoms with Crippen LogP contribution >= 0.6 is 0 Å². The Kier molecular flexibility index (Phi) is 3.83. The standard InChI is InChI=1S/C13H9F6NO/c14-12(15,16)11(13(17,18)19)10(21)8-3-1-2-7-4-5-20-6-9(7)8/h1-6,10-11,21H. The quantitative estimate of drug-likeness (QED) is 0.850. The summed E-state index contributed by atoms with van der Waals surface area (Å²) < 4.78 is 75.9. The lowest BCUT2D eigenvalue weighted by Crippen LogP contribution is -2.41. The summed E-state index contributed by atoms with van der Waals surface area (Å²) in [6, 6.07) is 5.25. The highest BCUT2D eigenvalue weighted by atomic mass is 19.4. The van der Waals surface area contributed by atoms with Crippen LogP contribution < -0.4 is 0 Å². The van der Waals surface area contributed by atoms with Crippen LogP contribution in [0.25, 0.3) is 10.8 Å². The van der Waals surface area contributed by atoms with Crippen molar-refractivity contribution in [1.82, 2.24) is 4.98 Å². The number of alkyl halides is 6. The van der Waals surface area contributed by atoms with Crippen molar-refractivity contribution in [2.75, 3.05) is 0 Å². The molecular formula is C13H9F6NO. The zero-order valence-electron chi connectivity index (χ0n) is 10.3. The fourth-order valence-corrected chi connectivity index (χ4v) is 2.12. The van der Waals surface area contributed by atoms with Gasteiger partial charge in [0.25, 0.3) is 0 Å². The van der Waals surface area contributed by atoms with E-state index in [9.17, 15) is 31.4 Å². The number of halogens is 6. The second kappa shape index (κ2) is 5.18. The Morgan fingerprint density at radius 3 is 2.14 bits per heavy atom. The summed E-state index contributed by atoms with van der Waals surface area (Å²) in [6.45, 7) is 0. The number of nitrogens with zero attached hydrogens (tertiary/aromatic N) is 1. The number of fused-ring (bicyclic) bond motifs is 1. The zero-order valence-corrected chi connectivity index (χ0v) is 10.3. The molecule has 0 aliphatic heterocycles. The monoisotopic (exact) mass is 309 g/mol. The van der Waals surface area contributed by atoms with E-state index in [0.717, 1.165) is 12.3 Å². The van der Waals surface area contributed by atoms with Crippen LogP contribution in [-0.4, -0.2) is 22.4 Å². The van der Waals surface area contributed by atoms with Crippen molar-refractivity contribution in [3.05, 3.63) is 42.2 Å². The topological polar surface area (TPSA) is 33.1 Å². The lowest BCUT2D eigenvalue weighted by atomic mass is 9.91. The van der Waals surface area contributed by atoms with E-state index in [1.54, 1.807) is 0 Å². The van der Waals surface area contributed by atoms with Crippen LogP contribution in [0.4, 0.5) is 26.3 Å². The summed E-state index contributed by atoms with van der Waals surface area (Å²) in [5, 5.41) is 10.1. The lowest BCUT2D eigenvalue weighted by molar-refractivity contribution is -0.307. The molecule has 2 nitrogen and oxygen atoms in total. The van der Waals surface area contributed by atoms with Gasteiger partial charge in [0.1, 0.15) is 6.10 Å². The van der Waals surface area contributed by atoms with Gasteiger partial charge in [-0.2, -0.15) is 26.3 Å². The Balaban J connectivity index is 2.57. The Bertz CT molecular complexity index is 617. The smallest absolute Gasteiger partial charge is 0.387 e. The minimum absolute atomic E-state index is 0.0472. The maximum absolute atomic E-state index is 12.7. The average Bonchev–Trinajstić information content (AvgIpc) is 2.34. The van der Waals surface area contributed by atoms with Gasteiger partial charge in [-0.05, 0) is 17.0 Å². The fourth-order valence-electron chi connectivity index (χ4n) is 2.12. The predicted octanol–water partition coefficient (Wildman–Crippen LogP) is 4.01. The number of rotatable bonds is 2. The van der Waals surface area contributed by atoms with Crippen LogP contribution in [0.3, 0.4) is 0 Å². The number of aliphatic hydroxyl groups excluding tert-OH is 1. The van der Waals surface area contributed by atoms with Gasteiger partial charge in [0.05, 0.1) is 0 Å². The predicted molar refractivity (Wildman–Crippen MR) is 62.3 cm³/mol. The molecule has 0 amide bonds. The van der Waals surface area contributed by atoms with Gasteiger partial charge >= 0.3 is 12.4 Å². The molecule has 1 aromatic carbocycles. The molecule has 1 heterocycles. The first-order chi connectivity index (χ1) is 9.62. The van der Waals surface area contributed by atoms with E-state index in [1.807, 2.05) is 0 Å². The van der Waals surface area contributed by atoms with Crippen LogP contribution in [0.1, 0.15) is 11.7 Å². The van der Waals surface area contributed by atoms with Crippen LogP contribution in [0.15, 0.2) is 36.7 Å². The maximum Gasteiger partial charge on any atom is 0.403 e. The first-order valence-corrected chi connectivity index (χ1v) is 5.76. The number of pyridine rings is 1. The lowest BCUT2D eigenvalue weighted by Gasteiger charge is -2.28. The molecule has 8 heteroatoms. The van der Waals surface area contributed by atoms with E-state index in [0.29, 0.717) is 5.39 Å². The Hall–Kier alpha value is -1.83. The summed E-state index contributed by atoms with van der Waals surface area (Å²) in [7, 11) is 0. The number of hydrogen-bond donors (Lipinski definition) is 1. The summed E-state index contributed by atoms with van der Waals surface area (Å²) >= 11 is 0. The molecule has 0 fully saturated rings. The largest absolute Gasteiger partial charge is 0.403 e. The summed E-state index contributed by atoms with van der Waals surface area (Å²) in [5.41, 5.74) is -0.458. The van der Waals surface area contributed by atoms with Gasteiger partial charge in [-0.3, -0.25) is 4.98 Å². The van der Waals surface area contributed by atoms with Crippen molar-refractivity contribution < 1.29 is 31.4 Å². The Morgan fingerprint density at radius 2 is 1.57 bits per heavy atom. The first kappa shape index (κ1) is 15.6. The SMILES string of the molecule is OC(c1cccc2ccncc12)C(C(F)(F)F)C(F)(F)F. The number of aliphatic hydroxyl groups is 1. The van der Waals surface area contributed by atoms with Crippen LogP contribution in [0, 0.1) is 5.92 Å². The molecule has 1 unspecified atom stereocenters. The van der Waals surface area contributed by atoms with Crippen LogP contribution in [0.2, 0.25) is 0 Å². The number of aromatic nitrogens is 1. The zero-order chi connectivity index (χ0) is 15.8. The van der Waals surface area contributed by atoms with E-state index in [-0.39, 0.29) is 5.39 Å². The highest BCUT2D eigenvalue weighted by Gasteiger charge is 2.60. The third kappa shape index (κ3) is 3.10. The van der Waals surface area contributed by atoms with Gasteiger partial charge in [-0.15, -0.1) is 0 Å². The van der Waals surface area contributed by atoms with Crippen molar-refractivity contribution in [1.29, 1.82) is 0 Å². The second-order valence-corrected chi connectivity index (χ2v) is 4.45. The van der Waals surface area contributed by atoms with E-state index >= 15 is 0 Å². The van der Waals surface area contributed by atoms with Crippen molar-refractivity contribution in [2.45, 2.75) is 18.5 Å². The molecule has 0 aliphatic carbocycles. The molecule has 1 atom stereocenters. The van der Waals surface area contributed by atoms with E-state index in [1.165, 1.54) is 24.4 Å². The third-order valence-electron chi connectivity index (χ3n) is 3.06. The van der Waals surface area contributed by atoms with Gasteiger partial charge in [0, 0.05) is 17.8 Å². The molecule has 0 saturated carbocycles. The maximum atomic E-state index is 12.7. The third-order valence-corrected chi connectivity index (χ3v) is 3.06. The summed E-state index contributed by atoms with van der Waals surface area (Å²) in [4.78, 5) is 3.67. The molecule has 114 valence electrons. The first-order valence-electron chi connectivity index (χ1n) is 5.76. The molecule has 0 saturated heterocycles. The fraction of sp³-hybridized carbons (Fsp3) is 0.308. The highest BCUT2D eigenvalue weighted by molar-refractivity contribution is 5.85. The minimum Gasteiger partial charge on any atom is -0.387 e. The Morgan fingerprint density at radius 1 is 0.952 bits per heavy atom. The van der Waals surface area contributed by atoms with Crippen molar-refractivity contribution >= 4 is 10.8 Å². The molecule has 0 radical (unpaired) electrons. The van der Waals surface area contributed by atoms with Gasteiger partial charge in [0.2, 0.25) is 0 Å². The molecule has 2 rings (SSSR count). The van der Waals surface area contributed by atoms with Gasteiger partial charge in [-0.25, -0.2) is 0 Å². The highest BCUT2D eigenvalue weighted by Crippen LogP contribution is 2.47.